The van der Waals surface area contributed by atoms with Gasteiger partial charge in [-0.2, -0.15) is 0 Å². The molecule has 0 aliphatic rings. The smallest absolute Gasteiger partial charge is 0.261 e. The fourth-order valence-corrected chi connectivity index (χ4v) is 3.71. The predicted molar refractivity (Wildman–Crippen MR) is 97.1 cm³/mol. The molecule has 0 saturated heterocycles. The van der Waals surface area contributed by atoms with Crippen LogP contribution < -0.4 is 9.46 Å². The van der Waals surface area contributed by atoms with Gasteiger partial charge in [0.1, 0.15) is 5.75 Å². The molecule has 1 aromatic heterocycles. The summed E-state index contributed by atoms with van der Waals surface area (Å²) in [6.07, 6.45) is 3.52. The van der Waals surface area contributed by atoms with Crippen molar-refractivity contribution < 1.29 is 13.2 Å². The molecule has 3 aromatic rings. The van der Waals surface area contributed by atoms with Gasteiger partial charge < -0.3 is 9.30 Å². The molecule has 0 fully saturated rings. The first-order valence-electron chi connectivity index (χ1n) is 7.36. The van der Waals surface area contributed by atoms with Crippen LogP contribution in [0.4, 0.5) is 5.69 Å². The van der Waals surface area contributed by atoms with Gasteiger partial charge >= 0.3 is 0 Å². The Bertz CT molecular complexity index is 1020. The molecule has 0 bridgehead atoms. The van der Waals surface area contributed by atoms with E-state index in [4.69, 9.17) is 16.3 Å². The Hall–Kier alpha value is -2.51. The molecule has 0 spiro atoms. The molecule has 3 rings (SSSR count). The Morgan fingerprint density at radius 1 is 1.20 bits per heavy atom. The molecule has 130 valence electrons. The third-order valence-electron chi connectivity index (χ3n) is 3.53. The minimum absolute atomic E-state index is 0.0910. The number of aromatic nitrogens is 2. The Labute approximate surface area is 151 Å². The van der Waals surface area contributed by atoms with Crippen molar-refractivity contribution in [2.24, 2.45) is 0 Å². The van der Waals surface area contributed by atoms with Crippen molar-refractivity contribution in [1.82, 2.24) is 9.55 Å². The van der Waals surface area contributed by atoms with Gasteiger partial charge in [-0.3, -0.25) is 4.72 Å². The molecule has 0 atom stereocenters. The molecule has 25 heavy (non-hydrogen) atoms. The number of nitrogens with zero attached hydrogens (tertiary/aromatic N) is 2. The van der Waals surface area contributed by atoms with Gasteiger partial charge in [0.25, 0.3) is 10.0 Å². The summed E-state index contributed by atoms with van der Waals surface area (Å²) >= 11 is 5.87. The van der Waals surface area contributed by atoms with E-state index in [9.17, 15) is 8.42 Å². The summed E-state index contributed by atoms with van der Waals surface area (Å²) in [5.74, 6) is 0.517. The fourth-order valence-electron chi connectivity index (χ4n) is 2.36. The summed E-state index contributed by atoms with van der Waals surface area (Å²) in [7, 11) is -2.22. The zero-order valence-corrected chi connectivity index (χ0v) is 15.2. The first-order chi connectivity index (χ1) is 11.9. The van der Waals surface area contributed by atoms with Crippen LogP contribution in [0, 0.1) is 6.92 Å². The van der Waals surface area contributed by atoms with E-state index in [1.807, 2.05) is 17.7 Å². The maximum Gasteiger partial charge on any atom is 0.261 e. The van der Waals surface area contributed by atoms with Crippen molar-refractivity contribution in [3.63, 3.8) is 0 Å². The Morgan fingerprint density at radius 2 is 2.00 bits per heavy atom. The van der Waals surface area contributed by atoms with Gasteiger partial charge in [-0.1, -0.05) is 17.7 Å². The molecule has 8 heteroatoms. The first-order valence-corrected chi connectivity index (χ1v) is 9.22. The summed E-state index contributed by atoms with van der Waals surface area (Å²) in [6.45, 7) is 1.89. The number of ether oxygens (including phenoxy) is 1. The average Bonchev–Trinajstić information content (AvgIpc) is 3.00. The van der Waals surface area contributed by atoms with Gasteiger partial charge in [0.15, 0.2) is 0 Å². The van der Waals surface area contributed by atoms with Crippen LogP contribution in [0.25, 0.3) is 5.69 Å². The summed E-state index contributed by atoms with van der Waals surface area (Å²) in [4.78, 5) is 4.27. The van der Waals surface area contributed by atoms with Crippen molar-refractivity contribution in [2.75, 3.05) is 11.8 Å². The molecule has 0 aliphatic carbocycles. The molecule has 0 aliphatic heterocycles. The third kappa shape index (κ3) is 3.78. The van der Waals surface area contributed by atoms with E-state index < -0.39 is 10.0 Å². The largest absolute Gasteiger partial charge is 0.494 e. The maximum atomic E-state index is 12.5. The highest BCUT2D eigenvalue weighted by Gasteiger charge is 2.16. The average molecular weight is 378 g/mol. The second-order valence-corrected chi connectivity index (χ2v) is 7.49. The molecule has 0 radical (unpaired) electrons. The number of nitrogens with one attached hydrogen (secondary N) is 1. The summed E-state index contributed by atoms with van der Waals surface area (Å²) in [5, 5.41) is 0.353. The van der Waals surface area contributed by atoms with Crippen molar-refractivity contribution in [3.05, 3.63) is 65.7 Å². The predicted octanol–water partition coefficient (Wildman–Crippen LogP) is 3.64. The highest BCUT2D eigenvalue weighted by molar-refractivity contribution is 7.92. The van der Waals surface area contributed by atoms with Crippen molar-refractivity contribution in [2.45, 2.75) is 11.8 Å². The molecule has 1 heterocycles. The van der Waals surface area contributed by atoms with E-state index in [2.05, 4.69) is 9.71 Å². The van der Waals surface area contributed by atoms with Gasteiger partial charge in [-0.05, 0) is 37.3 Å². The first kappa shape index (κ1) is 17.3. The van der Waals surface area contributed by atoms with E-state index in [1.54, 1.807) is 36.7 Å². The second kappa shape index (κ2) is 6.78. The number of hydrogen-bond acceptors (Lipinski definition) is 4. The normalized spacial score (nSPS) is 11.3. The molecule has 1 N–H and O–H groups in total. The lowest BCUT2D eigenvalue weighted by Gasteiger charge is -2.13. The van der Waals surface area contributed by atoms with E-state index in [0.717, 1.165) is 11.4 Å². The number of benzene rings is 2. The number of methoxy groups -OCH3 is 1. The molecule has 0 saturated carbocycles. The Kier molecular flexibility index (Phi) is 4.69. The second-order valence-electron chi connectivity index (χ2n) is 5.37. The molecule has 6 nitrogen and oxygen atoms in total. The number of anilines is 1. The minimum atomic E-state index is -3.74. The van der Waals surface area contributed by atoms with Gasteiger partial charge in [0.2, 0.25) is 0 Å². The quantitative estimate of drug-likeness (QED) is 0.736. The lowest BCUT2D eigenvalue weighted by molar-refractivity contribution is 0.413. The van der Waals surface area contributed by atoms with Crippen molar-refractivity contribution in [3.8, 4) is 11.4 Å². The molecule has 2 aromatic carbocycles. The number of rotatable bonds is 5. The van der Waals surface area contributed by atoms with Gasteiger partial charge in [0, 0.05) is 17.3 Å². The third-order valence-corrected chi connectivity index (χ3v) is 5.14. The van der Waals surface area contributed by atoms with E-state index >= 15 is 0 Å². The summed E-state index contributed by atoms with van der Waals surface area (Å²) in [5.41, 5.74) is 2.01. The van der Waals surface area contributed by atoms with Gasteiger partial charge in [0.05, 0.1) is 35.4 Å². The number of halogens is 1. The topological polar surface area (TPSA) is 73.2 Å². The zero-order chi connectivity index (χ0) is 18.0. The lowest BCUT2D eigenvalue weighted by atomic mass is 10.2. The Morgan fingerprint density at radius 3 is 2.64 bits per heavy atom. The van der Waals surface area contributed by atoms with Crippen LogP contribution in [-0.2, 0) is 10.0 Å². The standard InChI is InChI=1S/C17H16ClN3O3S/c1-12-10-21(11-19-12)16-7-6-14(9-17(16)24-2)20-25(22,23)15-5-3-4-13(18)8-15/h3-11,20H,1-2H3. The number of sulfonamides is 1. The number of hydrogen-bond donors (Lipinski definition) is 1. The SMILES string of the molecule is COc1cc(NS(=O)(=O)c2cccc(Cl)c2)ccc1-n1cnc(C)c1. The lowest BCUT2D eigenvalue weighted by Crippen LogP contribution is -2.13. The summed E-state index contributed by atoms with van der Waals surface area (Å²) in [6, 6.07) is 11.1. The van der Waals surface area contributed by atoms with E-state index in [-0.39, 0.29) is 4.90 Å². The van der Waals surface area contributed by atoms with Crippen LogP contribution >= 0.6 is 11.6 Å². The monoisotopic (exact) mass is 377 g/mol. The van der Waals surface area contributed by atoms with E-state index in [1.165, 1.54) is 19.2 Å². The number of aryl methyl sites for hydroxylation is 1. The highest BCUT2D eigenvalue weighted by Crippen LogP contribution is 2.28. The molecule has 0 unspecified atom stereocenters. The van der Waals surface area contributed by atoms with Crippen LogP contribution in [0.3, 0.4) is 0 Å². The van der Waals surface area contributed by atoms with Crippen LogP contribution in [0.15, 0.2) is 59.9 Å². The molecular weight excluding hydrogens is 362 g/mol. The van der Waals surface area contributed by atoms with Crippen LogP contribution in [0.2, 0.25) is 5.02 Å². The van der Waals surface area contributed by atoms with Crippen LogP contribution in [0.1, 0.15) is 5.69 Å². The fraction of sp³-hybridized carbons (Fsp3) is 0.118. The van der Waals surface area contributed by atoms with Crippen LogP contribution in [-0.4, -0.2) is 25.1 Å². The highest BCUT2D eigenvalue weighted by atomic mass is 35.5. The maximum absolute atomic E-state index is 12.5. The van der Waals surface area contributed by atoms with Gasteiger partial charge in [-0.15, -0.1) is 0 Å². The Balaban J connectivity index is 1.93. The van der Waals surface area contributed by atoms with Crippen molar-refractivity contribution >= 4 is 27.3 Å². The molecule has 0 amide bonds. The van der Waals surface area contributed by atoms with E-state index in [0.29, 0.717) is 16.5 Å². The zero-order valence-electron chi connectivity index (χ0n) is 13.6. The summed E-state index contributed by atoms with van der Waals surface area (Å²) < 4.78 is 34.7. The minimum Gasteiger partial charge on any atom is -0.494 e. The molecular formula is C17H16ClN3O3S. The van der Waals surface area contributed by atoms with Crippen molar-refractivity contribution in [1.29, 1.82) is 0 Å². The van der Waals surface area contributed by atoms with Crippen LogP contribution in [0.5, 0.6) is 5.75 Å². The number of imidazole rings is 1. The van der Waals surface area contributed by atoms with Gasteiger partial charge in [-0.25, -0.2) is 13.4 Å².